The van der Waals surface area contributed by atoms with Gasteiger partial charge in [0.15, 0.2) is 0 Å². The summed E-state index contributed by atoms with van der Waals surface area (Å²) >= 11 is 0. The largest absolute Gasteiger partial charge is 0.317 e. The SMILES string of the molecule is CCCC(C)C(C)CC[C@@H](C)NC. The molecule has 13 heavy (non-hydrogen) atoms. The molecule has 1 nitrogen and oxygen atoms in total. The van der Waals surface area contributed by atoms with E-state index < -0.39 is 0 Å². The average molecular weight is 185 g/mol. The first-order valence-corrected chi connectivity index (χ1v) is 5.79. The molecule has 0 aromatic carbocycles. The highest BCUT2D eigenvalue weighted by molar-refractivity contribution is 4.65. The van der Waals surface area contributed by atoms with Gasteiger partial charge in [-0.2, -0.15) is 0 Å². The summed E-state index contributed by atoms with van der Waals surface area (Å²) in [5.74, 6) is 1.78. The van der Waals surface area contributed by atoms with Gasteiger partial charge in [-0.3, -0.25) is 0 Å². The van der Waals surface area contributed by atoms with Crippen LogP contribution in [0.15, 0.2) is 0 Å². The van der Waals surface area contributed by atoms with Crippen molar-refractivity contribution in [1.29, 1.82) is 0 Å². The van der Waals surface area contributed by atoms with E-state index >= 15 is 0 Å². The number of hydrogen-bond donors (Lipinski definition) is 1. The Morgan fingerprint density at radius 2 is 1.46 bits per heavy atom. The van der Waals surface area contributed by atoms with Gasteiger partial charge in [0.1, 0.15) is 0 Å². The summed E-state index contributed by atoms with van der Waals surface area (Å²) in [6, 6.07) is 0.677. The van der Waals surface area contributed by atoms with E-state index in [1.807, 2.05) is 7.05 Å². The molecule has 0 aromatic rings. The molecule has 0 bridgehead atoms. The van der Waals surface area contributed by atoms with E-state index in [0.717, 1.165) is 11.8 Å². The molecule has 0 rings (SSSR count). The minimum absolute atomic E-state index is 0.677. The minimum atomic E-state index is 0.677. The third-order valence-electron chi connectivity index (χ3n) is 3.26. The van der Waals surface area contributed by atoms with Crippen LogP contribution in [0, 0.1) is 11.8 Å². The van der Waals surface area contributed by atoms with Crippen LogP contribution >= 0.6 is 0 Å². The van der Waals surface area contributed by atoms with Crippen molar-refractivity contribution in [2.24, 2.45) is 11.8 Å². The van der Waals surface area contributed by atoms with Crippen LogP contribution in [0.2, 0.25) is 0 Å². The first kappa shape index (κ1) is 13.0. The lowest BCUT2D eigenvalue weighted by molar-refractivity contribution is 0.322. The molecule has 0 radical (unpaired) electrons. The molecule has 0 aromatic heterocycles. The number of hydrogen-bond acceptors (Lipinski definition) is 1. The Hall–Kier alpha value is -0.0400. The van der Waals surface area contributed by atoms with Crippen LogP contribution in [0.4, 0.5) is 0 Å². The first-order valence-electron chi connectivity index (χ1n) is 5.79. The Balaban J connectivity index is 3.54. The summed E-state index contributed by atoms with van der Waals surface area (Å²) in [6.07, 6.45) is 5.39. The topological polar surface area (TPSA) is 12.0 Å². The van der Waals surface area contributed by atoms with Gasteiger partial charge in [-0.1, -0.05) is 33.6 Å². The van der Waals surface area contributed by atoms with Gasteiger partial charge in [0.2, 0.25) is 0 Å². The highest BCUT2D eigenvalue weighted by atomic mass is 14.8. The van der Waals surface area contributed by atoms with Crippen molar-refractivity contribution in [2.45, 2.75) is 59.4 Å². The number of rotatable bonds is 7. The Kier molecular flexibility index (Phi) is 7.35. The number of nitrogens with one attached hydrogen (secondary N) is 1. The van der Waals surface area contributed by atoms with Gasteiger partial charge in [0.05, 0.1) is 0 Å². The van der Waals surface area contributed by atoms with E-state index in [1.165, 1.54) is 25.7 Å². The normalized spacial score (nSPS) is 18.2. The molecule has 0 heterocycles. The molecule has 2 unspecified atom stereocenters. The molecule has 0 aliphatic carbocycles. The van der Waals surface area contributed by atoms with Crippen molar-refractivity contribution in [3.05, 3.63) is 0 Å². The fourth-order valence-corrected chi connectivity index (χ4v) is 1.68. The minimum Gasteiger partial charge on any atom is -0.317 e. The van der Waals surface area contributed by atoms with E-state index in [1.54, 1.807) is 0 Å². The van der Waals surface area contributed by atoms with Gasteiger partial charge in [0.25, 0.3) is 0 Å². The lowest BCUT2D eigenvalue weighted by Crippen LogP contribution is -2.22. The van der Waals surface area contributed by atoms with Crippen molar-refractivity contribution in [2.75, 3.05) is 7.05 Å². The van der Waals surface area contributed by atoms with Crippen LogP contribution in [0.5, 0.6) is 0 Å². The Labute approximate surface area is 84.3 Å². The first-order chi connectivity index (χ1) is 6.11. The molecule has 1 N–H and O–H groups in total. The Bertz CT molecular complexity index is 112. The lowest BCUT2D eigenvalue weighted by Gasteiger charge is -2.20. The molecule has 0 saturated heterocycles. The van der Waals surface area contributed by atoms with Crippen LogP contribution in [-0.2, 0) is 0 Å². The van der Waals surface area contributed by atoms with Crippen LogP contribution in [-0.4, -0.2) is 13.1 Å². The molecule has 0 saturated carbocycles. The van der Waals surface area contributed by atoms with Crippen molar-refractivity contribution in [3.8, 4) is 0 Å². The van der Waals surface area contributed by atoms with Crippen molar-refractivity contribution >= 4 is 0 Å². The fourth-order valence-electron chi connectivity index (χ4n) is 1.68. The molecule has 80 valence electrons. The summed E-state index contributed by atoms with van der Waals surface area (Å²) in [7, 11) is 2.05. The Morgan fingerprint density at radius 3 is 1.92 bits per heavy atom. The van der Waals surface area contributed by atoms with E-state index in [0.29, 0.717) is 6.04 Å². The second-order valence-electron chi connectivity index (χ2n) is 4.51. The van der Waals surface area contributed by atoms with E-state index in [4.69, 9.17) is 0 Å². The lowest BCUT2D eigenvalue weighted by atomic mass is 9.87. The Morgan fingerprint density at radius 1 is 0.923 bits per heavy atom. The molecular formula is C12H27N. The molecule has 0 spiro atoms. The van der Waals surface area contributed by atoms with Gasteiger partial charge in [0, 0.05) is 6.04 Å². The second kappa shape index (κ2) is 7.37. The summed E-state index contributed by atoms with van der Waals surface area (Å²) in [5, 5.41) is 3.29. The predicted molar refractivity (Wildman–Crippen MR) is 61.0 cm³/mol. The maximum atomic E-state index is 3.29. The zero-order chi connectivity index (χ0) is 10.3. The van der Waals surface area contributed by atoms with Crippen LogP contribution < -0.4 is 5.32 Å². The molecule has 0 aliphatic heterocycles. The second-order valence-corrected chi connectivity index (χ2v) is 4.51. The summed E-state index contributed by atoms with van der Waals surface area (Å²) in [4.78, 5) is 0. The summed E-state index contributed by atoms with van der Waals surface area (Å²) in [5.41, 5.74) is 0. The van der Waals surface area contributed by atoms with E-state index in [-0.39, 0.29) is 0 Å². The molecule has 0 fully saturated rings. The standard InChI is InChI=1S/C12H27N/c1-6-7-10(2)11(3)8-9-12(4)13-5/h10-13H,6-9H2,1-5H3/t10?,11?,12-/m1/s1. The predicted octanol–water partition coefficient (Wildman–Crippen LogP) is 3.45. The van der Waals surface area contributed by atoms with Crippen molar-refractivity contribution in [3.63, 3.8) is 0 Å². The van der Waals surface area contributed by atoms with Crippen LogP contribution in [0.1, 0.15) is 53.4 Å². The van der Waals surface area contributed by atoms with E-state index in [2.05, 4.69) is 33.0 Å². The summed E-state index contributed by atoms with van der Waals surface area (Å²) < 4.78 is 0. The highest BCUT2D eigenvalue weighted by Crippen LogP contribution is 2.21. The monoisotopic (exact) mass is 185 g/mol. The maximum absolute atomic E-state index is 3.29. The van der Waals surface area contributed by atoms with Gasteiger partial charge >= 0.3 is 0 Å². The van der Waals surface area contributed by atoms with Crippen LogP contribution in [0.3, 0.4) is 0 Å². The highest BCUT2D eigenvalue weighted by Gasteiger charge is 2.11. The van der Waals surface area contributed by atoms with Crippen molar-refractivity contribution < 1.29 is 0 Å². The van der Waals surface area contributed by atoms with Gasteiger partial charge < -0.3 is 5.32 Å². The average Bonchev–Trinajstić information content (AvgIpc) is 2.13. The fraction of sp³-hybridized carbons (Fsp3) is 1.00. The van der Waals surface area contributed by atoms with Crippen molar-refractivity contribution in [1.82, 2.24) is 5.32 Å². The quantitative estimate of drug-likeness (QED) is 0.640. The van der Waals surface area contributed by atoms with E-state index in [9.17, 15) is 0 Å². The van der Waals surface area contributed by atoms with Gasteiger partial charge in [-0.15, -0.1) is 0 Å². The zero-order valence-corrected chi connectivity index (χ0v) is 10.1. The molecular weight excluding hydrogens is 158 g/mol. The molecule has 3 atom stereocenters. The summed E-state index contributed by atoms with van der Waals surface area (Å²) in [6.45, 7) is 9.32. The molecule has 1 heteroatoms. The van der Waals surface area contributed by atoms with Gasteiger partial charge in [-0.05, 0) is 38.6 Å². The molecule has 0 aliphatic rings. The van der Waals surface area contributed by atoms with Crippen LogP contribution in [0.25, 0.3) is 0 Å². The third kappa shape index (κ3) is 6.09. The maximum Gasteiger partial charge on any atom is 0.00358 e. The third-order valence-corrected chi connectivity index (χ3v) is 3.26. The van der Waals surface area contributed by atoms with Gasteiger partial charge in [-0.25, -0.2) is 0 Å². The zero-order valence-electron chi connectivity index (χ0n) is 10.1. The smallest absolute Gasteiger partial charge is 0.00358 e. The molecule has 0 amide bonds.